The number of aromatic amines is 1. The van der Waals surface area contributed by atoms with Gasteiger partial charge in [0.15, 0.2) is 5.69 Å². The molecular weight excluding hydrogens is 450 g/mol. The van der Waals surface area contributed by atoms with Gasteiger partial charge in [0, 0.05) is 6.54 Å². The zero-order valence-electron chi connectivity index (χ0n) is 19.3. The van der Waals surface area contributed by atoms with E-state index in [1.165, 1.54) is 9.47 Å². The van der Waals surface area contributed by atoms with Crippen LogP contribution >= 0.6 is 0 Å². The van der Waals surface area contributed by atoms with Crippen LogP contribution in [0.25, 0.3) is 0 Å². The highest BCUT2D eigenvalue weighted by atomic mass is 16.3. The molecule has 35 heavy (non-hydrogen) atoms. The van der Waals surface area contributed by atoms with Crippen LogP contribution in [-0.4, -0.2) is 33.4 Å². The van der Waals surface area contributed by atoms with E-state index in [9.17, 15) is 14.4 Å². The minimum Gasteiger partial charge on any atom is -0.468 e. The highest BCUT2D eigenvalue weighted by Crippen LogP contribution is 2.19. The molecule has 0 aliphatic heterocycles. The number of nitrogens with zero attached hydrogens (tertiary/aromatic N) is 3. The summed E-state index contributed by atoms with van der Waals surface area (Å²) in [4.78, 5) is 44.2. The van der Waals surface area contributed by atoms with Gasteiger partial charge in [0.2, 0.25) is 5.91 Å². The van der Waals surface area contributed by atoms with Crippen LogP contribution in [-0.2, 0) is 24.4 Å². The maximum Gasteiger partial charge on any atom is 0.330 e. The summed E-state index contributed by atoms with van der Waals surface area (Å²) >= 11 is 0. The standard InChI is InChI=1S/C25H27N5O5/c1-2-29(21(31)17-28(15-19-10-6-12-34-19)16-20-11-7-13-35-20)22-23(26)30(25(33)27-24(22)32)14-18-8-4-3-5-9-18/h3-13H,2,14-17,26H2,1H3,(H,27,32,33). The van der Waals surface area contributed by atoms with Gasteiger partial charge < -0.3 is 19.5 Å². The minimum absolute atomic E-state index is 0.0358. The Labute approximate surface area is 201 Å². The Balaban J connectivity index is 1.62. The van der Waals surface area contributed by atoms with Crippen LogP contribution in [0.15, 0.2) is 85.5 Å². The van der Waals surface area contributed by atoms with E-state index in [-0.39, 0.29) is 37.0 Å². The monoisotopic (exact) mass is 477 g/mol. The summed E-state index contributed by atoms with van der Waals surface area (Å²) in [6.45, 7) is 2.76. The number of H-pyrrole nitrogens is 1. The molecule has 0 spiro atoms. The first-order valence-electron chi connectivity index (χ1n) is 11.2. The fourth-order valence-corrected chi connectivity index (χ4v) is 3.91. The van der Waals surface area contributed by atoms with Crippen molar-refractivity contribution in [3.8, 4) is 0 Å². The lowest BCUT2D eigenvalue weighted by Gasteiger charge is -2.26. The number of hydrogen-bond acceptors (Lipinski definition) is 7. The summed E-state index contributed by atoms with van der Waals surface area (Å²) in [5.41, 5.74) is 5.73. The molecule has 4 aromatic rings. The Morgan fingerprint density at radius 3 is 2.14 bits per heavy atom. The average Bonchev–Trinajstić information content (AvgIpc) is 3.54. The third-order valence-corrected chi connectivity index (χ3v) is 5.56. The van der Waals surface area contributed by atoms with Gasteiger partial charge in [-0.2, -0.15) is 0 Å². The maximum absolute atomic E-state index is 13.4. The molecule has 0 aliphatic rings. The summed E-state index contributed by atoms with van der Waals surface area (Å²) in [5, 5.41) is 0. The van der Waals surface area contributed by atoms with E-state index in [1.54, 1.807) is 31.6 Å². The van der Waals surface area contributed by atoms with Gasteiger partial charge in [0.1, 0.15) is 17.3 Å². The molecule has 0 radical (unpaired) electrons. The Kier molecular flexibility index (Phi) is 7.32. The lowest BCUT2D eigenvalue weighted by Crippen LogP contribution is -2.45. The number of nitrogens with two attached hydrogens (primary N) is 1. The van der Waals surface area contributed by atoms with E-state index in [0.29, 0.717) is 24.6 Å². The van der Waals surface area contributed by atoms with Gasteiger partial charge in [-0.05, 0) is 36.8 Å². The van der Waals surface area contributed by atoms with Gasteiger partial charge in [-0.3, -0.25) is 24.0 Å². The van der Waals surface area contributed by atoms with Crippen molar-refractivity contribution in [3.05, 3.63) is 105 Å². The Bertz CT molecular complexity index is 1320. The van der Waals surface area contributed by atoms with Crippen LogP contribution in [0.4, 0.5) is 11.5 Å². The number of anilines is 2. The molecule has 0 saturated carbocycles. The number of aromatic nitrogens is 2. The molecule has 0 bridgehead atoms. The number of benzene rings is 1. The number of furan rings is 2. The number of nitrogen functional groups attached to an aromatic ring is 1. The predicted molar refractivity (Wildman–Crippen MR) is 131 cm³/mol. The van der Waals surface area contributed by atoms with Crippen LogP contribution in [0.3, 0.4) is 0 Å². The highest BCUT2D eigenvalue weighted by Gasteiger charge is 2.25. The molecule has 3 aromatic heterocycles. The van der Waals surface area contributed by atoms with E-state index in [0.717, 1.165) is 5.56 Å². The molecule has 4 rings (SSSR count). The first kappa shape index (κ1) is 23.8. The lowest BCUT2D eigenvalue weighted by molar-refractivity contribution is -0.120. The van der Waals surface area contributed by atoms with Crippen LogP contribution in [0.2, 0.25) is 0 Å². The SMILES string of the molecule is CCN(C(=O)CN(Cc1ccco1)Cc1ccco1)c1c(N)n(Cc2ccccc2)c(=O)[nH]c1=O. The summed E-state index contributed by atoms with van der Waals surface area (Å²) in [6, 6.07) is 16.4. The van der Waals surface area contributed by atoms with E-state index in [1.807, 2.05) is 47.4 Å². The van der Waals surface area contributed by atoms with Crippen LogP contribution < -0.4 is 21.9 Å². The first-order chi connectivity index (χ1) is 17.0. The molecule has 1 amide bonds. The van der Waals surface area contributed by atoms with Gasteiger partial charge in [-0.25, -0.2) is 4.79 Å². The van der Waals surface area contributed by atoms with Crippen LogP contribution in [0, 0.1) is 0 Å². The molecular formula is C25H27N5O5. The Hall–Kier alpha value is -4.31. The van der Waals surface area contributed by atoms with E-state index >= 15 is 0 Å². The van der Waals surface area contributed by atoms with Crippen molar-refractivity contribution >= 4 is 17.4 Å². The topological polar surface area (TPSA) is 131 Å². The fraction of sp³-hybridized carbons (Fsp3) is 0.240. The van der Waals surface area contributed by atoms with Crippen molar-refractivity contribution in [2.75, 3.05) is 23.7 Å². The summed E-state index contributed by atoms with van der Waals surface area (Å²) < 4.78 is 12.2. The molecule has 0 saturated heterocycles. The molecule has 10 nitrogen and oxygen atoms in total. The Morgan fingerprint density at radius 1 is 0.971 bits per heavy atom. The van der Waals surface area contributed by atoms with E-state index in [4.69, 9.17) is 14.6 Å². The van der Waals surface area contributed by atoms with Crippen molar-refractivity contribution in [1.29, 1.82) is 0 Å². The molecule has 0 fully saturated rings. The third-order valence-electron chi connectivity index (χ3n) is 5.56. The van der Waals surface area contributed by atoms with E-state index < -0.39 is 11.2 Å². The van der Waals surface area contributed by atoms with Crippen molar-refractivity contribution in [1.82, 2.24) is 14.5 Å². The molecule has 1 aromatic carbocycles. The normalized spacial score (nSPS) is 11.1. The second-order valence-corrected chi connectivity index (χ2v) is 8.01. The van der Waals surface area contributed by atoms with Crippen molar-refractivity contribution in [3.63, 3.8) is 0 Å². The summed E-state index contributed by atoms with van der Waals surface area (Å²) in [5.74, 6) is 0.941. The summed E-state index contributed by atoms with van der Waals surface area (Å²) in [6.07, 6.45) is 3.13. The zero-order chi connectivity index (χ0) is 24.8. The minimum atomic E-state index is -0.712. The predicted octanol–water partition coefficient (Wildman–Crippen LogP) is 2.41. The smallest absolute Gasteiger partial charge is 0.330 e. The maximum atomic E-state index is 13.4. The molecule has 10 heteroatoms. The van der Waals surface area contributed by atoms with Crippen molar-refractivity contribution in [2.45, 2.75) is 26.6 Å². The van der Waals surface area contributed by atoms with Crippen molar-refractivity contribution < 1.29 is 13.6 Å². The molecule has 0 unspecified atom stereocenters. The fourth-order valence-electron chi connectivity index (χ4n) is 3.91. The van der Waals surface area contributed by atoms with Gasteiger partial charge in [-0.1, -0.05) is 30.3 Å². The number of carbonyl (C=O) groups is 1. The second-order valence-electron chi connectivity index (χ2n) is 8.01. The van der Waals surface area contributed by atoms with Gasteiger partial charge in [0.05, 0.1) is 38.7 Å². The zero-order valence-corrected chi connectivity index (χ0v) is 19.3. The second kappa shape index (κ2) is 10.7. The van der Waals surface area contributed by atoms with Crippen LogP contribution in [0.1, 0.15) is 24.0 Å². The van der Waals surface area contributed by atoms with Crippen molar-refractivity contribution in [2.24, 2.45) is 0 Å². The van der Waals surface area contributed by atoms with Crippen LogP contribution in [0.5, 0.6) is 0 Å². The molecule has 0 atom stereocenters. The van der Waals surface area contributed by atoms with Gasteiger partial charge in [-0.15, -0.1) is 0 Å². The first-order valence-corrected chi connectivity index (χ1v) is 11.2. The molecule has 0 aliphatic carbocycles. The van der Waals surface area contributed by atoms with Gasteiger partial charge in [0.25, 0.3) is 5.56 Å². The van der Waals surface area contributed by atoms with E-state index in [2.05, 4.69) is 4.98 Å². The molecule has 3 N–H and O–H groups in total. The lowest BCUT2D eigenvalue weighted by atomic mass is 10.2. The highest BCUT2D eigenvalue weighted by molar-refractivity contribution is 5.96. The largest absolute Gasteiger partial charge is 0.468 e. The number of hydrogen-bond donors (Lipinski definition) is 2. The average molecular weight is 478 g/mol. The Morgan fingerprint density at radius 2 is 1.60 bits per heavy atom. The number of amides is 1. The quantitative estimate of drug-likeness (QED) is 0.359. The molecule has 3 heterocycles. The third kappa shape index (κ3) is 5.61. The number of rotatable bonds is 10. The van der Waals surface area contributed by atoms with Gasteiger partial charge >= 0.3 is 5.69 Å². The number of likely N-dealkylation sites (N-methyl/N-ethyl adjacent to an activating group) is 1. The number of carbonyl (C=O) groups excluding carboxylic acids is 1. The molecule has 182 valence electrons. The summed E-state index contributed by atoms with van der Waals surface area (Å²) in [7, 11) is 0. The number of nitrogens with one attached hydrogen (secondary N) is 1.